The summed E-state index contributed by atoms with van der Waals surface area (Å²) < 4.78 is 13.5. The monoisotopic (exact) mass is 449 g/mol. The topological polar surface area (TPSA) is 65.4 Å². The van der Waals surface area contributed by atoms with Crippen molar-refractivity contribution < 1.29 is 14.3 Å². The Kier molecular flexibility index (Phi) is 6.61. The highest BCUT2D eigenvalue weighted by Gasteiger charge is 2.12. The van der Waals surface area contributed by atoms with Crippen molar-refractivity contribution in [3.8, 4) is 22.6 Å². The molecule has 164 valence electrons. The first-order valence-electron chi connectivity index (χ1n) is 10.3. The van der Waals surface area contributed by atoms with Gasteiger partial charge in [0.2, 0.25) is 5.91 Å². The fourth-order valence-electron chi connectivity index (χ4n) is 3.63. The number of fused-ring (bicyclic) bond motifs is 1. The van der Waals surface area contributed by atoms with Crippen molar-refractivity contribution in [3.05, 3.63) is 77.4 Å². The summed E-state index contributed by atoms with van der Waals surface area (Å²) in [5, 5.41) is 8.64. The summed E-state index contributed by atoms with van der Waals surface area (Å²) in [6, 6.07) is 19.5. The normalized spacial score (nSPS) is 10.8. The van der Waals surface area contributed by atoms with Crippen LogP contribution in [-0.2, 0) is 17.9 Å². The quantitative estimate of drug-likeness (QED) is 0.407. The Labute approximate surface area is 191 Å². The van der Waals surface area contributed by atoms with Gasteiger partial charge in [0.15, 0.2) is 0 Å². The minimum atomic E-state index is -0.0106. The van der Waals surface area contributed by atoms with Crippen molar-refractivity contribution in [2.45, 2.75) is 19.6 Å². The number of aryl methyl sites for hydroxylation is 1. The zero-order valence-corrected chi connectivity index (χ0v) is 18.7. The van der Waals surface area contributed by atoms with Crippen LogP contribution in [0.1, 0.15) is 12.0 Å². The Morgan fingerprint density at radius 2 is 1.94 bits per heavy atom. The molecule has 0 radical (unpaired) electrons. The molecule has 0 saturated carbocycles. The van der Waals surface area contributed by atoms with Crippen LogP contribution in [0, 0.1) is 0 Å². The Balaban J connectivity index is 1.53. The number of hydrogen-bond donors (Lipinski definition) is 1. The molecule has 0 unspecified atom stereocenters. The van der Waals surface area contributed by atoms with E-state index in [4.69, 9.17) is 21.1 Å². The lowest BCUT2D eigenvalue weighted by atomic mass is 9.99. The van der Waals surface area contributed by atoms with Crippen LogP contribution in [0.5, 0.6) is 11.5 Å². The highest BCUT2D eigenvalue weighted by atomic mass is 35.5. The molecule has 0 aliphatic heterocycles. The number of carbonyl (C=O) groups excluding carboxylic acids is 1. The molecule has 6 nitrogen and oxygen atoms in total. The second kappa shape index (κ2) is 9.75. The van der Waals surface area contributed by atoms with Gasteiger partial charge in [-0.3, -0.25) is 9.48 Å². The van der Waals surface area contributed by atoms with E-state index in [-0.39, 0.29) is 5.91 Å². The number of ether oxygens (including phenoxy) is 2. The lowest BCUT2D eigenvalue weighted by Gasteiger charge is -2.14. The smallest absolute Gasteiger partial charge is 0.221 e. The molecule has 1 aromatic heterocycles. The largest absolute Gasteiger partial charge is 0.496 e. The van der Waals surface area contributed by atoms with Crippen LogP contribution >= 0.6 is 11.6 Å². The highest BCUT2D eigenvalue weighted by Crippen LogP contribution is 2.35. The molecular formula is C25H24ClN3O3. The Morgan fingerprint density at radius 1 is 1.09 bits per heavy atom. The Morgan fingerprint density at radius 3 is 2.75 bits per heavy atom. The third-order valence-corrected chi connectivity index (χ3v) is 5.54. The van der Waals surface area contributed by atoms with E-state index in [1.54, 1.807) is 20.4 Å². The number of hydrogen-bond acceptors (Lipinski definition) is 4. The zero-order chi connectivity index (χ0) is 22.5. The zero-order valence-electron chi connectivity index (χ0n) is 18.0. The second-order valence-electron chi connectivity index (χ2n) is 7.30. The summed E-state index contributed by atoms with van der Waals surface area (Å²) in [6.45, 7) is 0.917. The summed E-state index contributed by atoms with van der Waals surface area (Å²) in [4.78, 5) is 11.5. The lowest BCUT2D eigenvalue weighted by Crippen LogP contribution is -2.19. The summed E-state index contributed by atoms with van der Waals surface area (Å²) in [7, 11) is 3.28. The van der Waals surface area contributed by atoms with Gasteiger partial charge in [-0.05, 0) is 47.5 Å². The number of benzene rings is 3. The molecule has 0 fully saturated rings. The predicted molar refractivity (Wildman–Crippen MR) is 126 cm³/mol. The van der Waals surface area contributed by atoms with Crippen molar-refractivity contribution in [1.29, 1.82) is 0 Å². The minimum Gasteiger partial charge on any atom is -0.496 e. The first kappa shape index (κ1) is 21.7. The maximum atomic E-state index is 11.5. The van der Waals surface area contributed by atoms with Gasteiger partial charge in [-0.15, -0.1) is 0 Å². The highest BCUT2D eigenvalue weighted by molar-refractivity contribution is 6.31. The Bertz CT molecular complexity index is 1250. The van der Waals surface area contributed by atoms with E-state index in [1.165, 1.54) is 0 Å². The molecule has 1 N–H and O–H groups in total. The van der Waals surface area contributed by atoms with Gasteiger partial charge in [-0.1, -0.05) is 35.9 Å². The first-order chi connectivity index (χ1) is 15.6. The van der Waals surface area contributed by atoms with Crippen molar-refractivity contribution in [1.82, 2.24) is 15.1 Å². The molecule has 7 heteroatoms. The van der Waals surface area contributed by atoms with E-state index in [9.17, 15) is 4.79 Å². The number of halogens is 1. The SMILES string of the molecule is CNC(=O)CCn1ncc2cc(OCc3ccccc3-c3cc(Cl)ccc3OC)ccc21. The third kappa shape index (κ3) is 4.70. The fraction of sp³-hybridized carbons (Fsp3) is 0.200. The van der Waals surface area contributed by atoms with E-state index in [0.717, 1.165) is 39.1 Å². The summed E-state index contributed by atoms with van der Waals surface area (Å²) in [6.07, 6.45) is 2.17. The maximum absolute atomic E-state index is 11.5. The number of rotatable bonds is 8. The first-order valence-corrected chi connectivity index (χ1v) is 10.7. The standard InChI is InChI=1S/C25H24ClN3O3/c1-27-25(30)11-12-29-23-9-8-20(13-18(23)15-28-29)32-16-17-5-3-4-6-21(17)22-14-19(26)7-10-24(22)31-2/h3-10,13-15H,11-12,16H2,1-2H3,(H,27,30). The number of aromatic nitrogens is 2. The van der Waals surface area contributed by atoms with Crippen LogP contribution in [-0.4, -0.2) is 29.8 Å². The summed E-state index contributed by atoms with van der Waals surface area (Å²) in [5.41, 5.74) is 3.92. The average molecular weight is 450 g/mol. The number of nitrogens with zero attached hydrogens (tertiary/aromatic N) is 2. The van der Waals surface area contributed by atoms with Crippen molar-refractivity contribution in [2.24, 2.45) is 0 Å². The van der Waals surface area contributed by atoms with Gasteiger partial charge in [0.25, 0.3) is 0 Å². The number of nitrogens with one attached hydrogen (secondary N) is 1. The molecule has 0 saturated heterocycles. The number of carbonyl (C=O) groups is 1. The van der Waals surface area contributed by atoms with Crippen LogP contribution in [0.15, 0.2) is 66.9 Å². The minimum absolute atomic E-state index is 0.0106. The van der Waals surface area contributed by atoms with Crippen LogP contribution in [0.2, 0.25) is 5.02 Å². The summed E-state index contributed by atoms with van der Waals surface area (Å²) >= 11 is 6.24. The van der Waals surface area contributed by atoms with Crippen LogP contribution in [0.25, 0.3) is 22.0 Å². The molecule has 0 aliphatic carbocycles. The van der Waals surface area contributed by atoms with Crippen molar-refractivity contribution in [3.63, 3.8) is 0 Å². The van der Waals surface area contributed by atoms with Gasteiger partial charge in [0.05, 0.1) is 25.4 Å². The molecule has 4 aromatic rings. The molecular weight excluding hydrogens is 426 g/mol. The molecule has 0 aliphatic rings. The fourth-order valence-corrected chi connectivity index (χ4v) is 3.80. The van der Waals surface area contributed by atoms with Gasteiger partial charge in [-0.25, -0.2) is 0 Å². The van der Waals surface area contributed by atoms with Crippen molar-refractivity contribution >= 4 is 28.4 Å². The van der Waals surface area contributed by atoms with Crippen LogP contribution < -0.4 is 14.8 Å². The third-order valence-electron chi connectivity index (χ3n) is 5.31. The summed E-state index contributed by atoms with van der Waals surface area (Å²) in [5.74, 6) is 1.49. The molecule has 4 rings (SSSR count). The lowest BCUT2D eigenvalue weighted by molar-refractivity contribution is -0.120. The van der Waals surface area contributed by atoms with Gasteiger partial charge >= 0.3 is 0 Å². The molecule has 3 aromatic carbocycles. The second-order valence-corrected chi connectivity index (χ2v) is 7.74. The molecule has 1 heterocycles. The van der Waals surface area contributed by atoms with Gasteiger partial charge in [0.1, 0.15) is 18.1 Å². The number of methoxy groups -OCH3 is 1. The van der Waals surface area contributed by atoms with Crippen LogP contribution in [0.3, 0.4) is 0 Å². The van der Waals surface area contributed by atoms with Crippen molar-refractivity contribution in [2.75, 3.05) is 14.2 Å². The molecule has 0 spiro atoms. The predicted octanol–water partition coefficient (Wildman–Crippen LogP) is 5.08. The van der Waals surface area contributed by atoms with E-state index in [0.29, 0.717) is 24.6 Å². The average Bonchev–Trinajstić information content (AvgIpc) is 3.23. The van der Waals surface area contributed by atoms with Gasteiger partial charge < -0.3 is 14.8 Å². The molecule has 0 bridgehead atoms. The molecule has 1 amide bonds. The van der Waals surface area contributed by atoms with E-state index in [2.05, 4.69) is 10.4 Å². The number of amides is 1. The Hall–Kier alpha value is -3.51. The van der Waals surface area contributed by atoms with Gasteiger partial charge in [0, 0.05) is 29.4 Å². The van der Waals surface area contributed by atoms with Crippen LogP contribution in [0.4, 0.5) is 0 Å². The van der Waals surface area contributed by atoms with E-state index >= 15 is 0 Å². The van der Waals surface area contributed by atoms with E-state index < -0.39 is 0 Å². The van der Waals surface area contributed by atoms with E-state index in [1.807, 2.05) is 65.3 Å². The maximum Gasteiger partial charge on any atom is 0.221 e. The molecule has 32 heavy (non-hydrogen) atoms. The molecule has 0 atom stereocenters. The van der Waals surface area contributed by atoms with Gasteiger partial charge in [-0.2, -0.15) is 5.10 Å².